The van der Waals surface area contributed by atoms with Gasteiger partial charge in [-0.05, 0) is 23.2 Å². The maximum atomic E-state index is 10.4. The summed E-state index contributed by atoms with van der Waals surface area (Å²) in [7, 11) is 0. The highest BCUT2D eigenvalue weighted by Gasteiger charge is 2.12. The number of hydrogen-bond donors (Lipinski definition) is 0. The van der Waals surface area contributed by atoms with Crippen LogP contribution in [0.4, 0.5) is 5.69 Å². The Labute approximate surface area is 80.8 Å². The lowest BCUT2D eigenvalue weighted by Gasteiger charge is -2.04. The summed E-state index contributed by atoms with van der Waals surface area (Å²) in [5, 5.41) is 10.2. The molecule has 0 radical (unpaired) electrons. The SMILES string of the molecule is O=[N+]([O-])c1cc(S(=O)[O-])ccc1Cl. The molecule has 0 aliphatic rings. The number of halogens is 1. The van der Waals surface area contributed by atoms with Gasteiger partial charge in [0.2, 0.25) is 0 Å². The first kappa shape index (κ1) is 10.1. The largest absolute Gasteiger partial charge is 0.768 e. The van der Waals surface area contributed by atoms with Crippen molar-refractivity contribution >= 4 is 28.4 Å². The van der Waals surface area contributed by atoms with E-state index in [2.05, 4.69) is 0 Å². The zero-order valence-electron chi connectivity index (χ0n) is 6.10. The van der Waals surface area contributed by atoms with Crippen LogP contribution < -0.4 is 0 Å². The van der Waals surface area contributed by atoms with Gasteiger partial charge in [-0.15, -0.1) is 0 Å². The highest BCUT2D eigenvalue weighted by atomic mass is 35.5. The first-order valence-electron chi connectivity index (χ1n) is 3.05. The minimum atomic E-state index is -2.48. The summed E-state index contributed by atoms with van der Waals surface area (Å²) in [6.45, 7) is 0. The molecule has 0 amide bonds. The second kappa shape index (κ2) is 3.82. The Hall–Kier alpha value is -0.980. The quantitative estimate of drug-likeness (QED) is 0.429. The van der Waals surface area contributed by atoms with Crippen LogP contribution >= 0.6 is 11.6 Å². The van der Waals surface area contributed by atoms with E-state index in [9.17, 15) is 18.9 Å². The maximum Gasteiger partial charge on any atom is 0.289 e. The number of rotatable bonds is 2. The predicted molar refractivity (Wildman–Crippen MR) is 45.3 cm³/mol. The second-order valence-electron chi connectivity index (χ2n) is 2.11. The highest BCUT2D eigenvalue weighted by Crippen LogP contribution is 2.25. The van der Waals surface area contributed by atoms with Crippen molar-refractivity contribution in [3.63, 3.8) is 0 Å². The smallest absolute Gasteiger partial charge is 0.289 e. The van der Waals surface area contributed by atoms with Crippen LogP contribution in [0.2, 0.25) is 5.02 Å². The molecule has 13 heavy (non-hydrogen) atoms. The summed E-state index contributed by atoms with van der Waals surface area (Å²) in [6, 6.07) is 3.27. The van der Waals surface area contributed by atoms with Crippen LogP contribution in [0.15, 0.2) is 23.1 Å². The third kappa shape index (κ3) is 2.24. The summed E-state index contributed by atoms with van der Waals surface area (Å²) in [5.41, 5.74) is -0.414. The van der Waals surface area contributed by atoms with Crippen LogP contribution in [0, 0.1) is 10.1 Å². The third-order valence-corrected chi connectivity index (χ3v) is 2.27. The van der Waals surface area contributed by atoms with Crippen molar-refractivity contribution in [1.29, 1.82) is 0 Å². The molecule has 0 fully saturated rings. The zero-order chi connectivity index (χ0) is 10.0. The molecular weight excluding hydrogens is 218 g/mol. The van der Waals surface area contributed by atoms with Gasteiger partial charge in [0.1, 0.15) is 5.02 Å². The van der Waals surface area contributed by atoms with Crippen LogP contribution in [0.25, 0.3) is 0 Å². The molecular formula is C6H3ClNO4S-. The van der Waals surface area contributed by atoms with Crippen molar-refractivity contribution in [2.45, 2.75) is 4.90 Å². The lowest BCUT2D eigenvalue weighted by Crippen LogP contribution is -1.93. The number of benzene rings is 1. The van der Waals surface area contributed by atoms with Gasteiger partial charge < -0.3 is 4.55 Å². The molecule has 0 aliphatic heterocycles. The van der Waals surface area contributed by atoms with Gasteiger partial charge in [-0.2, -0.15) is 0 Å². The summed E-state index contributed by atoms with van der Waals surface area (Å²) in [5.74, 6) is 0. The molecule has 5 nitrogen and oxygen atoms in total. The van der Waals surface area contributed by atoms with Gasteiger partial charge in [0.25, 0.3) is 5.69 Å². The summed E-state index contributed by atoms with van der Waals surface area (Å²) in [6.07, 6.45) is 0. The zero-order valence-corrected chi connectivity index (χ0v) is 7.67. The van der Waals surface area contributed by atoms with E-state index in [0.717, 1.165) is 6.07 Å². The monoisotopic (exact) mass is 220 g/mol. The average molecular weight is 221 g/mol. The van der Waals surface area contributed by atoms with Crippen molar-refractivity contribution in [3.05, 3.63) is 33.3 Å². The molecule has 1 atom stereocenters. The number of nitrogens with zero attached hydrogens (tertiary/aromatic N) is 1. The lowest BCUT2D eigenvalue weighted by molar-refractivity contribution is -0.384. The van der Waals surface area contributed by atoms with Crippen LogP contribution in [0.5, 0.6) is 0 Å². The molecule has 1 aromatic rings. The average Bonchev–Trinajstić information content (AvgIpc) is 2.04. The molecule has 0 saturated heterocycles. The Bertz CT molecular complexity index is 381. The molecule has 70 valence electrons. The number of hydrogen-bond acceptors (Lipinski definition) is 4. The topological polar surface area (TPSA) is 83.3 Å². The van der Waals surface area contributed by atoms with Crippen LogP contribution in [0.3, 0.4) is 0 Å². The van der Waals surface area contributed by atoms with Crippen molar-refractivity contribution in [3.8, 4) is 0 Å². The standard InChI is InChI=1S/C6H4ClNO4S/c7-5-2-1-4(13(11)12)3-6(5)8(9)10/h1-3H,(H,11,12)/p-1. The molecule has 0 heterocycles. The Morgan fingerprint density at radius 1 is 1.46 bits per heavy atom. The van der Waals surface area contributed by atoms with Crippen LogP contribution in [-0.4, -0.2) is 13.7 Å². The maximum absolute atomic E-state index is 10.4. The van der Waals surface area contributed by atoms with E-state index in [1.54, 1.807) is 0 Å². The fourth-order valence-corrected chi connectivity index (χ4v) is 1.31. The van der Waals surface area contributed by atoms with Gasteiger partial charge in [-0.25, -0.2) is 0 Å². The molecule has 1 rings (SSSR count). The lowest BCUT2D eigenvalue weighted by atomic mass is 10.3. The number of nitro benzene ring substituents is 1. The van der Waals surface area contributed by atoms with Gasteiger partial charge >= 0.3 is 0 Å². The Balaban J connectivity index is 3.27. The van der Waals surface area contributed by atoms with Crippen molar-refractivity contribution in [2.24, 2.45) is 0 Å². The third-order valence-electron chi connectivity index (χ3n) is 1.31. The molecule has 1 aromatic carbocycles. The molecule has 0 spiro atoms. The molecule has 1 unspecified atom stereocenters. The van der Waals surface area contributed by atoms with Crippen LogP contribution in [0.1, 0.15) is 0 Å². The Kier molecular flexibility index (Phi) is 2.97. The molecule has 0 saturated carbocycles. The molecule has 0 N–H and O–H groups in total. The second-order valence-corrected chi connectivity index (χ2v) is 3.45. The molecule has 0 bridgehead atoms. The minimum Gasteiger partial charge on any atom is -0.768 e. The van der Waals surface area contributed by atoms with Gasteiger partial charge in [0.15, 0.2) is 0 Å². The molecule has 0 aromatic heterocycles. The highest BCUT2D eigenvalue weighted by molar-refractivity contribution is 7.79. The van der Waals surface area contributed by atoms with Gasteiger partial charge in [-0.1, -0.05) is 11.6 Å². The summed E-state index contributed by atoms with van der Waals surface area (Å²) < 4.78 is 20.8. The van der Waals surface area contributed by atoms with E-state index in [0.29, 0.717) is 0 Å². The normalized spacial score (nSPS) is 12.5. The van der Waals surface area contributed by atoms with E-state index in [-0.39, 0.29) is 9.92 Å². The van der Waals surface area contributed by atoms with E-state index in [1.165, 1.54) is 12.1 Å². The van der Waals surface area contributed by atoms with Gasteiger partial charge in [-0.3, -0.25) is 14.3 Å². The van der Waals surface area contributed by atoms with Crippen molar-refractivity contribution < 1.29 is 13.7 Å². The van der Waals surface area contributed by atoms with E-state index < -0.39 is 21.7 Å². The Morgan fingerprint density at radius 3 is 2.54 bits per heavy atom. The first-order chi connectivity index (χ1) is 6.02. The Morgan fingerprint density at radius 2 is 2.08 bits per heavy atom. The predicted octanol–water partition coefficient (Wildman–Crippen LogP) is 1.49. The molecule has 7 heteroatoms. The fraction of sp³-hybridized carbons (Fsp3) is 0. The van der Waals surface area contributed by atoms with Gasteiger partial charge in [0, 0.05) is 11.0 Å². The van der Waals surface area contributed by atoms with Crippen molar-refractivity contribution in [2.75, 3.05) is 0 Å². The van der Waals surface area contributed by atoms with Crippen LogP contribution in [-0.2, 0) is 11.1 Å². The van der Waals surface area contributed by atoms with E-state index in [4.69, 9.17) is 11.6 Å². The van der Waals surface area contributed by atoms with Crippen molar-refractivity contribution in [1.82, 2.24) is 0 Å². The number of nitro groups is 1. The fourth-order valence-electron chi connectivity index (χ4n) is 0.736. The summed E-state index contributed by atoms with van der Waals surface area (Å²) in [4.78, 5) is 9.42. The summed E-state index contributed by atoms with van der Waals surface area (Å²) >= 11 is 2.98. The minimum absolute atomic E-state index is 0.0841. The first-order valence-corrected chi connectivity index (χ1v) is 4.51. The van der Waals surface area contributed by atoms with Gasteiger partial charge in [0.05, 0.1) is 4.92 Å². The van der Waals surface area contributed by atoms with E-state index in [1.807, 2.05) is 0 Å². The van der Waals surface area contributed by atoms with E-state index >= 15 is 0 Å². The molecule has 0 aliphatic carbocycles.